The molecule has 0 spiro atoms. The quantitative estimate of drug-likeness (QED) is 0.565. The van der Waals surface area contributed by atoms with Crippen LogP contribution in [0.1, 0.15) is 25.8 Å². The van der Waals surface area contributed by atoms with Crippen LogP contribution in [0.3, 0.4) is 0 Å². The van der Waals surface area contributed by atoms with Crippen LogP contribution >= 0.6 is 11.8 Å². The van der Waals surface area contributed by atoms with E-state index in [0.29, 0.717) is 23.6 Å². The molecular weight excluding hydrogens is 242 g/mol. The van der Waals surface area contributed by atoms with Crippen LogP contribution in [0.4, 0.5) is 0 Å². The van der Waals surface area contributed by atoms with Gasteiger partial charge in [0.1, 0.15) is 6.04 Å². The van der Waals surface area contributed by atoms with Crippen LogP contribution < -0.4 is 5.73 Å². The fourth-order valence-corrected chi connectivity index (χ4v) is 2.19. The van der Waals surface area contributed by atoms with Crippen LogP contribution in [0.5, 0.6) is 0 Å². The van der Waals surface area contributed by atoms with Crippen LogP contribution in [0, 0.1) is 0 Å². The Morgan fingerprint density at radius 1 is 1.71 bits per heavy atom. The topological polar surface area (TPSA) is 95.9 Å². The second kappa shape index (κ2) is 5.46. The summed E-state index contributed by atoms with van der Waals surface area (Å²) in [4.78, 5) is 11.3. The second-order valence-electron chi connectivity index (χ2n) is 3.81. The zero-order valence-corrected chi connectivity index (χ0v) is 10.4. The van der Waals surface area contributed by atoms with E-state index >= 15 is 0 Å². The number of nitrogens with zero attached hydrogens (tertiary/aromatic N) is 4. The first kappa shape index (κ1) is 12.3. The lowest BCUT2D eigenvalue weighted by molar-refractivity contribution is -0.144. The monoisotopic (exact) mass is 257 g/mol. The molecule has 2 rings (SSSR count). The highest BCUT2D eigenvalue weighted by Crippen LogP contribution is 2.36. The van der Waals surface area contributed by atoms with Gasteiger partial charge in [0, 0.05) is 5.75 Å². The maximum atomic E-state index is 11.3. The number of carbonyl (C=O) groups excluding carboxylic acids is 1. The smallest absolute Gasteiger partial charge is 0.323 e. The minimum absolute atomic E-state index is 0.344. The first-order chi connectivity index (χ1) is 8.22. The average Bonchev–Trinajstić information content (AvgIpc) is 3.06. The third kappa shape index (κ3) is 3.16. The molecule has 1 aliphatic carbocycles. The van der Waals surface area contributed by atoms with E-state index in [-0.39, 0.29) is 5.97 Å². The van der Waals surface area contributed by atoms with Gasteiger partial charge in [-0.3, -0.25) is 4.79 Å². The largest absolute Gasteiger partial charge is 0.465 e. The zero-order chi connectivity index (χ0) is 12.3. The Kier molecular flexibility index (Phi) is 3.95. The maximum Gasteiger partial charge on any atom is 0.323 e. The molecule has 1 aromatic rings. The molecule has 94 valence electrons. The molecule has 1 fully saturated rings. The Balaban J connectivity index is 1.84. The number of thioether (sulfide) groups is 1. The van der Waals surface area contributed by atoms with Gasteiger partial charge in [-0.25, -0.2) is 4.68 Å². The number of aromatic nitrogens is 4. The summed E-state index contributed by atoms with van der Waals surface area (Å²) < 4.78 is 6.62. The normalized spacial score (nSPS) is 16.8. The number of carbonyl (C=O) groups is 1. The van der Waals surface area contributed by atoms with Crippen molar-refractivity contribution in [3.8, 4) is 0 Å². The van der Waals surface area contributed by atoms with Crippen molar-refractivity contribution in [1.82, 2.24) is 20.2 Å². The number of nitrogens with two attached hydrogens (primary N) is 1. The van der Waals surface area contributed by atoms with Gasteiger partial charge in [-0.15, -0.1) is 5.10 Å². The molecule has 17 heavy (non-hydrogen) atoms. The molecule has 8 heteroatoms. The fraction of sp³-hybridized carbons (Fsp3) is 0.778. The predicted octanol–water partition coefficient (Wildman–Crippen LogP) is -0.00950. The Morgan fingerprint density at radius 3 is 3.12 bits per heavy atom. The lowest BCUT2D eigenvalue weighted by atomic mass is 10.4. The third-order valence-corrected chi connectivity index (χ3v) is 3.39. The molecule has 1 heterocycles. The van der Waals surface area contributed by atoms with Gasteiger partial charge in [-0.2, -0.15) is 0 Å². The number of hydrogen-bond donors (Lipinski definition) is 1. The molecule has 0 aromatic carbocycles. The van der Waals surface area contributed by atoms with E-state index in [9.17, 15) is 4.79 Å². The van der Waals surface area contributed by atoms with Gasteiger partial charge in [-0.05, 0) is 30.2 Å². The zero-order valence-electron chi connectivity index (χ0n) is 9.57. The number of rotatable bonds is 6. The summed E-state index contributed by atoms with van der Waals surface area (Å²) in [5.74, 6) is 0.0387. The van der Waals surface area contributed by atoms with E-state index in [1.807, 2.05) is 0 Å². The molecule has 1 saturated carbocycles. The van der Waals surface area contributed by atoms with Crippen LogP contribution in [-0.2, 0) is 9.53 Å². The van der Waals surface area contributed by atoms with Crippen molar-refractivity contribution < 1.29 is 9.53 Å². The lowest BCUT2D eigenvalue weighted by Crippen LogP contribution is -2.34. The number of ether oxygens (including phenoxy) is 1. The van der Waals surface area contributed by atoms with Gasteiger partial charge >= 0.3 is 5.97 Å². The Labute approximate surface area is 103 Å². The highest BCUT2D eigenvalue weighted by molar-refractivity contribution is 7.99. The van der Waals surface area contributed by atoms with Crippen molar-refractivity contribution in [2.75, 3.05) is 12.4 Å². The van der Waals surface area contributed by atoms with Crippen molar-refractivity contribution >= 4 is 17.7 Å². The van der Waals surface area contributed by atoms with Crippen LogP contribution in [0.25, 0.3) is 0 Å². The minimum atomic E-state index is -0.635. The van der Waals surface area contributed by atoms with E-state index < -0.39 is 6.04 Å². The summed E-state index contributed by atoms with van der Waals surface area (Å²) in [5.41, 5.74) is 5.69. The fourth-order valence-electron chi connectivity index (χ4n) is 1.31. The van der Waals surface area contributed by atoms with E-state index in [2.05, 4.69) is 15.5 Å². The van der Waals surface area contributed by atoms with Gasteiger partial charge in [0.15, 0.2) is 0 Å². The standard InChI is InChI=1S/C9H15N5O2S/c1-2-16-8(15)7(10)5-17-9-11-12-13-14(9)6-3-4-6/h6-7H,2-5,10H2,1H3. The second-order valence-corrected chi connectivity index (χ2v) is 4.79. The maximum absolute atomic E-state index is 11.3. The van der Waals surface area contributed by atoms with Crippen LogP contribution in [-0.4, -0.2) is 44.6 Å². The first-order valence-corrected chi connectivity index (χ1v) is 6.53. The lowest BCUT2D eigenvalue weighted by Gasteiger charge is -2.09. The molecule has 0 bridgehead atoms. The molecule has 1 aromatic heterocycles. The Hall–Kier alpha value is -1.15. The number of esters is 1. The van der Waals surface area contributed by atoms with Crippen molar-refractivity contribution in [3.05, 3.63) is 0 Å². The van der Waals surface area contributed by atoms with Gasteiger partial charge in [0.05, 0.1) is 12.6 Å². The summed E-state index contributed by atoms with van der Waals surface area (Å²) in [6, 6.07) is -0.212. The molecule has 1 aliphatic rings. The summed E-state index contributed by atoms with van der Waals surface area (Å²) in [5, 5.41) is 12.2. The van der Waals surface area contributed by atoms with E-state index in [1.54, 1.807) is 11.6 Å². The first-order valence-electron chi connectivity index (χ1n) is 5.55. The van der Waals surface area contributed by atoms with Gasteiger partial charge in [0.2, 0.25) is 5.16 Å². The number of tetrazole rings is 1. The molecule has 0 amide bonds. The summed E-state index contributed by atoms with van der Waals surface area (Å²) >= 11 is 1.39. The average molecular weight is 257 g/mol. The molecule has 7 nitrogen and oxygen atoms in total. The molecule has 0 radical (unpaired) electrons. The molecule has 1 unspecified atom stereocenters. The van der Waals surface area contributed by atoms with Crippen molar-refractivity contribution in [2.24, 2.45) is 5.73 Å². The predicted molar refractivity (Wildman–Crippen MR) is 61.4 cm³/mol. The summed E-state index contributed by atoms with van der Waals surface area (Å²) in [6.45, 7) is 2.10. The minimum Gasteiger partial charge on any atom is -0.465 e. The van der Waals surface area contributed by atoms with Crippen molar-refractivity contribution in [2.45, 2.75) is 37.0 Å². The van der Waals surface area contributed by atoms with Crippen LogP contribution in [0.2, 0.25) is 0 Å². The Bertz CT molecular complexity index is 392. The van der Waals surface area contributed by atoms with Crippen LogP contribution in [0.15, 0.2) is 5.16 Å². The van der Waals surface area contributed by atoms with E-state index in [0.717, 1.165) is 12.8 Å². The number of hydrogen-bond acceptors (Lipinski definition) is 7. The highest BCUT2D eigenvalue weighted by atomic mass is 32.2. The highest BCUT2D eigenvalue weighted by Gasteiger charge is 2.28. The van der Waals surface area contributed by atoms with E-state index in [4.69, 9.17) is 10.5 Å². The van der Waals surface area contributed by atoms with Crippen molar-refractivity contribution in [1.29, 1.82) is 0 Å². The SMILES string of the molecule is CCOC(=O)C(N)CSc1nnnn1C1CC1. The van der Waals surface area contributed by atoms with Gasteiger partial charge in [0.25, 0.3) is 0 Å². The van der Waals surface area contributed by atoms with E-state index in [1.165, 1.54) is 11.8 Å². The summed E-state index contributed by atoms with van der Waals surface area (Å²) in [6.07, 6.45) is 2.23. The molecule has 1 atom stereocenters. The summed E-state index contributed by atoms with van der Waals surface area (Å²) in [7, 11) is 0. The van der Waals surface area contributed by atoms with Crippen molar-refractivity contribution in [3.63, 3.8) is 0 Å². The third-order valence-electron chi connectivity index (χ3n) is 2.34. The van der Waals surface area contributed by atoms with Gasteiger partial charge < -0.3 is 10.5 Å². The molecule has 2 N–H and O–H groups in total. The molecule has 0 aliphatic heterocycles. The molecule has 0 saturated heterocycles. The molecular formula is C9H15N5O2S. The Morgan fingerprint density at radius 2 is 2.47 bits per heavy atom. The van der Waals surface area contributed by atoms with Gasteiger partial charge in [-0.1, -0.05) is 11.8 Å².